The summed E-state index contributed by atoms with van der Waals surface area (Å²) in [6, 6.07) is 23.8. The second-order valence-electron chi connectivity index (χ2n) is 8.22. The maximum atomic E-state index is 13.5. The molecule has 3 aromatic rings. The van der Waals surface area contributed by atoms with Crippen LogP contribution in [-0.2, 0) is 20.8 Å². The largest absolute Gasteiger partial charge is 0.350 e. The minimum atomic E-state index is -0.406. The number of carbonyl (C=O) groups is 3. The Kier molecular flexibility index (Phi) is 6.87. The number of amides is 3. The van der Waals surface area contributed by atoms with E-state index < -0.39 is 5.91 Å². The van der Waals surface area contributed by atoms with Gasteiger partial charge in [-0.25, -0.2) is 4.90 Å². The van der Waals surface area contributed by atoms with Gasteiger partial charge in [0, 0.05) is 18.3 Å². The van der Waals surface area contributed by atoms with Crippen molar-refractivity contribution in [3.05, 3.63) is 95.7 Å². The fraction of sp³-hybridized carbons (Fsp3) is 0.179. The minimum absolute atomic E-state index is 0.164. The average Bonchev–Trinajstić information content (AvgIpc) is 3.08. The zero-order valence-corrected chi connectivity index (χ0v) is 19.3. The lowest BCUT2D eigenvalue weighted by Gasteiger charge is -2.16. The van der Waals surface area contributed by atoms with E-state index in [1.54, 1.807) is 24.3 Å². The van der Waals surface area contributed by atoms with Crippen LogP contribution in [0.2, 0.25) is 0 Å². The molecule has 1 aliphatic heterocycles. The van der Waals surface area contributed by atoms with Gasteiger partial charge < -0.3 is 10.6 Å². The van der Waals surface area contributed by atoms with Gasteiger partial charge in [-0.3, -0.25) is 14.4 Å². The maximum absolute atomic E-state index is 13.5. The maximum Gasteiger partial charge on any atom is 0.282 e. The zero-order chi connectivity index (χ0) is 24.1. The van der Waals surface area contributed by atoms with E-state index >= 15 is 0 Å². The molecule has 1 heterocycles. The number of rotatable bonds is 8. The van der Waals surface area contributed by atoms with Crippen molar-refractivity contribution in [3.63, 3.8) is 0 Å². The van der Waals surface area contributed by atoms with Crippen molar-refractivity contribution >= 4 is 40.4 Å². The summed E-state index contributed by atoms with van der Waals surface area (Å²) in [5.41, 5.74) is 4.22. The zero-order valence-electron chi connectivity index (χ0n) is 19.3. The number of anilines is 3. The molecule has 0 aliphatic carbocycles. The van der Waals surface area contributed by atoms with Crippen molar-refractivity contribution < 1.29 is 14.4 Å². The van der Waals surface area contributed by atoms with Gasteiger partial charge in [-0.15, -0.1) is 0 Å². The Labute approximate surface area is 199 Å². The molecule has 0 bridgehead atoms. The van der Waals surface area contributed by atoms with Crippen LogP contribution in [0.5, 0.6) is 0 Å². The van der Waals surface area contributed by atoms with Crippen LogP contribution >= 0.6 is 0 Å². The third-order valence-corrected chi connectivity index (χ3v) is 5.63. The summed E-state index contributed by atoms with van der Waals surface area (Å²) in [6.07, 6.45) is 3.17. The number of hydrogen-bond donors (Lipinski definition) is 2. The Morgan fingerprint density at radius 3 is 2.09 bits per heavy atom. The summed E-state index contributed by atoms with van der Waals surface area (Å²) in [6.45, 7) is 3.59. The Morgan fingerprint density at radius 2 is 1.47 bits per heavy atom. The molecule has 172 valence electrons. The van der Waals surface area contributed by atoms with E-state index in [1.165, 1.54) is 17.4 Å². The molecule has 0 fully saturated rings. The number of nitrogens with one attached hydrogen (secondary N) is 2. The van der Waals surface area contributed by atoms with Gasteiger partial charge in [0.15, 0.2) is 0 Å². The number of imide groups is 1. The first-order valence-corrected chi connectivity index (χ1v) is 11.4. The van der Waals surface area contributed by atoms with Crippen molar-refractivity contribution in [2.75, 3.05) is 15.5 Å². The molecule has 3 aromatic carbocycles. The van der Waals surface area contributed by atoms with Gasteiger partial charge in [0.05, 0.1) is 11.3 Å². The standard InChI is InChI=1S/C28H27N3O3/c1-3-4-8-20-11-17-24(18-12-20)31-27(33)25(21-9-6-5-7-10-21)26(28(31)34)30-23-15-13-22(14-16-23)29-19(2)32/h5-7,9-18,30H,3-4,8H2,1-2H3,(H,29,32). The molecule has 3 amide bonds. The summed E-state index contributed by atoms with van der Waals surface area (Å²) >= 11 is 0. The van der Waals surface area contributed by atoms with E-state index in [0.29, 0.717) is 28.2 Å². The van der Waals surface area contributed by atoms with E-state index in [0.717, 1.165) is 19.3 Å². The average molecular weight is 454 g/mol. The van der Waals surface area contributed by atoms with Crippen molar-refractivity contribution in [1.82, 2.24) is 0 Å². The second kappa shape index (κ2) is 10.2. The van der Waals surface area contributed by atoms with Gasteiger partial charge >= 0.3 is 0 Å². The SMILES string of the molecule is CCCCc1ccc(N2C(=O)C(Nc3ccc(NC(C)=O)cc3)=C(c3ccccc3)C2=O)cc1. The van der Waals surface area contributed by atoms with Crippen LogP contribution < -0.4 is 15.5 Å². The van der Waals surface area contributed by atoms with Crippen LogP contribution in [0, 0.1) is 0 Å². The van der Waals surface area contributed by atoms with E-state index in [2.05, 4.69) is 17.6 Å². The third-order valence-electron chi connectivity index (χ3n) is 5.63. The molecule has 6 heteroatoms. The fourth-order valence-corrected chi connectivity index (χ4v) is 3.93. The number of carbonyl (C=O) groups excluding carboxylic acids is 3. The Balaban J connectivity index is 1.67. The lowest BCUT2D eigenvalue weighted by Crippen LogP contribution is -2.32. The molecule has 0 spiro atoms. The van der Waals surface area contributed by atoms with E-state index in [1.807, 2.05) is 54.6 Å². The summed E-state index contributed by atoms with van der Waals surface area (Å²) < 4.78 is 0. The van der Waals surface area contributed by atoms with Gasteiger partial charge in [-0.2, -0.15) is 0 Å². The number of hydrogen-bond acceptors (Lipinski definition) is 4. The van der Waals surface area contributed by atoms with Crippen LogP contribution in [0.15, 0.2) is 84.6 Å². The van der Waals surface area contributed by atoms with E-state index in [-0.39, 0.29) is 17.5 Å². The van der Waals surface area contributed by atoms with Crippen molar-refractivity contribution in [1.29, 1.82) is 0 Å². The van der Waals surface area contributed by atoms with Gasteiger partial charge in [0.25, 0.3) is 11.8 Å². The molecular weight excluding hydrogens is 426 g/mol. The molecular formula is C28H27N3O3. The van der Waals surface area contributed by atoms with Gasteiger partial charge in [-0.05, 0) is 60.4 Å². The summed E-state index contributed by atoms with van der Waals surface area (Å²) in [5.74, 6) is -0.936. The normalized spacial score (nSPS) is 13.4. The quantitative estimate of drug-likeness (QED) is 0.449. The summed E-state index contributed by atoms with van der Waals surface area (Å²) in [5, 5.41) is 5.86. The first kappa shape index (κ1) is 23.0. The van der Waals surface area contributed by atoms with E-state index in [9.17, 15) is 14.4 Å². The molecule has 0 saturated heterocycles. The predicted molar refractivity (Wildman–Crippen MR) is 135 cm³/mol. The molecule has 0 saturated carbocycles. The molecule has 34 heavy (non-hydrogen) atoms. The monoisotopic (exact) mass is 453 g/mol. The highest BCUT2D eigenvalue weighted by Crippen LogP contribution is 2.34. The van der Waals surface area contributed by atoms with Crippen molar-refractivity contribution in [2.45, 2.75) is 33.1 Å². The van der Waals surface area contributed by atoms with Crippen LogP contribution in [-0.4, -0.2) is 17.7 Å². The van der Waals surface area contributed by atoms with Crippen LogP contribution in [0.4, 0.5) is 17.1 Å². The highest BCUT2D eigenvalue weighted by atomic mass is 16.2. The number of benzene rings is 3. The number of unbranched alkanes of at least 4 members (excludes halogenated alkanes) is 1. The lowest BCUT2D eigenvalue weighted by molar-refractivity contribution is -0.120. The number of aryl methyl sites for hydroxylation is 1. The second-order valence-corrected chi connectivity index (χ2v) is 8.22. The van der Waals surface area contributed by atoms with E-state index in [4.69, 9.17) is 0 Å². The molecule has 0 unspecified atom stereocenters. The highest BCUT2D eigenvalue weighted by Gasteiger charge is 2.40. The van der Waals surface area contributed by atoms with Gasteiger partial charge in [0.1, 0.15) is 5.70 Å². The lowest BCUT2D eigenvalue weighted by atomic mass is 10.0. The van der Waals surface area contributed by atoms with Crippen molar-refractivity contribution in [3.8, 4) is 0 Å². The Morgan fingerprint density at radius 1 is 0.824 bits per heavy atom. The van der Waals surface area contributed by atoms with Crippen LogP contribution in [0.25, 0.3) is 5.57 Å². The Bertz CT molecular complexity index is 1230. The predicted octanol–water partition coefficient (Wildman–Crippen LogP) is 5.38. The summed E-state index contributed by atoms with van der Waals surface area (Å²) in [4.78, 5) is 39.5. The molecule has 1 aliphatic rings. The van der Waals surface area contributed by atoms with Crippen molar-refractivity contribution in [2.24, 2.45) is 0 Å². The third kappa shape index (κ3) is 4.91. The Hall–Kier alpha value is -4.19. The smallest absolute Gasteiger partial charge is 0.282 e. The van der Waals surface area contributed by atoms with Crippen LogP contribution in [0.1, 0.15) is 37.8 Å². The number of nitrogens with zero attached hydrogens (tertiary/aromatic N) is 1. The molecule has 0 aromatic heterocycles. The molecule has 4 rings (SSSR count). The van der Waals surface area contributed by atoms with Crippen LogP contribution in [0.3, 0.4) is 0 Å². The van der Waals surface area contributed by atoms with Gasteiger partial charge in [0.2, 0.25) is 5.91 Å². The molecule has 6 nitrogen and oxygen atoms in total. The van der Waals surface area contributed by atoms with Gasteiger partial charge in [-0.1, -0.05) is 55.8 Å². The minimum Gasteiger partial charge on any atom is -0.350 e. The first-order valence-electron chi connectivity index (χ1n) is 11.4. The molecule has 0 atom stereocenters. The first-order chi connectivity index (χ1) is 16.5. The fourth-order valence-electron chi connectivity index (χ4n) is 3.93. The highest BCUT2D eigenvalue weighted by molar-refractivity contribution is 6.46. The molecule has 0 radical (unpaired) electrons. The summed E-state index contributed by atoms with van der Waals surface area (Å²) in [7, 11) is 0. The molecule has 2 N–H and O–H groups in total. The topological polar surface area (TPSA) is 78.5 Å².